The van der Waals surface area contributed by atoms with Gasteiger partial charge in [0.05, 0.1) is 0 Å². The van der Waals surface area contributed by atoms with E-state index in [4.69, 9.17) is 0 Å². The molecule has 0 radical (unpaired) electrons. The molecule has 3 rings (SSSR count). The fourth-order valence-electron chi connectivity index (χ4n) is 2.61. The number of fused-ring (bicyclic) bond motifs is 1. The summed E-state index contributed by atoms with van der Waals surface area (Å²) in [5.74, 6) is 0.294. The molecule has 3 aromatic carbocycles. The van der Waals surface area contributed by atoms with Crippen molar-refractivity contribution in [2.45, 2.75) is 19.4 Å². The summed E-state index contributed by atoms with van der Waals surface area (Å²) in [5.41, 5.74) is 2.36. The summed E-state index contributed by atoms with van der Waals surface area (Å²) in [6.07, 6.45) is 0.964. The Labute approximate surface area is 125 Å². The predicted octanol–water partition coefficient (Wildman–Crippen LogP) is 4.59. The lowest BCUT2D eigenvalue weighted by Crippen LogP contribution is -2.17. The van der Waals surface area contributed by atoms with Crippen molar-refractivity contribution in [3.8, 4) is 5.75 Å². The lowest BCUT2D eigenvalue weighted by molar-refractivity contribution is 0.475. The molecule has 0 amide bonds. The molecule has 1 atom stereocenters. The van der Waals surface area contributed by atoms with E-state index in [-0.39, 0.29) is 0 Å². The molecule has 2 heteroatoms. The molecule has 21 heavy (non-hydrogen) atoms. The van der Waals surface area contributed by atoms with E-state index in [9.17, 15) is 5.11 Å². The summed E-state index contributed by atoms with van der Waals surface area (Å²) >= 11 is 0. The van der Waals surface area contributed by atoms with E-state index in [1.54, 1.807) is 12.1 Å². The van der Waals surface area contributed by atoms with Gasteiger partial charge >= 0.3 is 0 Å². The minimum atomic E-state index is 0.294. The van der Waals surface area contributed by atoms with Crippen molar-refractivity contribution in [1.29, 1.82) is 0 Å². The average molecular weight is 277 g/mol. The highest BCUT2D eigenvalue weighted by Crippen LogP contribution is 2.19. The quantitative estimate of drug-likeness (QED) is 0.684. The molecule has 0 aliphatic carbocycles. The second-order valence-electron chi connectivity index (χ2n) is 5.48. The highest BCUT2D eigenvalue weighted by atomic mass is 16.3. The Morgan fingerprint density at radius 2 is 1.62 bits per heavy atom. The Morgan fingerprint density at radius 3 is 2.38 bits per heavy atom. The van der Waals surface area contributed by atoms with Crippen molar-refractivity contribution in [2.75, 3.05) is 5.32 Å². The topological polar surface area (TPSA) is 32.3 Å². The van der Waals surface area contributed by atoms with E-state index in [1.165, 1.54) is 16.3 Å². The van der Waals surface area contributed by atoms with Crippen molar-refractivity contribution < 1.29 is 5.11 Å². The lowest BCUT2D eigenvalue weighted by atomic mass is 10.0. The van der Waals surface area contributed by atoms with E-state index in [1.807, 2.05) is 12.1 Å². The van der Waals surface area contributed by atoms with Crippen LogP contribution in [0.15, 0.2) is 66.7 Å². The number of nitrogens with one attached hydrogen (secondary N) is 1. The normalized spacial score (nSPS) is 12.2. The van der Waals surface area contributed by atoms with Crippen LogP contribution in [0.1, 0.15) is 12.5 Å². The molecule has 0 saturated carbocycles. The summed E-state index contributed by atoms with van der Waals surface area (Å²) in [6.45, 7) is 2.17. The third-order valence-corrected chi connectivity index (χ3v) is 3.64. The molecule has 0 aromatic heterocycles. The molecule has 0 saturated heterocycles. The van der Waals surface area contributed by atoms with Gasteiger partial charge in [-0.25, -0.2) is 0 Å². The van der Waals surface area contributed by atoms with Gasteiger partial charge in [-0.1, -0.05) is 42.5 Å². The highest BCUT2D eigenvalue weighted by molar-refractivity contribution is 5.83. The van der Waals surface area contributed by atoms with Crippen LogP contribution in [0.5, 0.6) is 5.75 Å². The summed E-state index contributed by atoms with van der Waals surface area (Å²) < 4.78 is 0. The fourth-order valence-corrected chi connectivity index (χ4v) is 2.61. The Kier molecular flexibility index (Phi) is 3.78. The Hall–Kier alpha value is -2.48. The minimum Gasteiger partial charge on any atom is -0.508 e. The van der Waals surface area contributed by atoms with Gasteiger partial charge in [0.2, 0.25) is 0 Å². The number of hydrogen-bond donors (Lipinski definition) is 2. The molecular weight excluding hydrogens is 258 g/mol. The van der Waals surface area contributed by atoms with Crippen molar-refractivity contribution in [2.24, 2.45) is 0 Å². The van der Waals surface area contributed by atoms with Gasteiger partial charge in [-0.2, -0.15) is 0 Å². The zero-order valence-corrected chi connectivity index (χ0v) is 12.1. The monoisotopic (exact) mass is 277 g/mol. The largest absolute Gasteiger partial charge is 0.508 e. The van der Waals surface area contributed by atoms with Gasteiger partial charge in [0, 0.05) is 11.7 Å². The molecule has 0 fully saturated rings. The van der Waals surface area contributed by atoms with Gasteiger partial charge in [0.25, 0.3) is 0 Å². The van der Waals surface area contributed by atoms with E-state index >= 15 is 0 Å². The number of phenolic OH excluding ortho intramolecular Hbond substituents is 1. The Morgan fingerprint density at radius 1 is 0.905 bits per heavy atom. The first-order valence-electron chi connectivity index (χ1n) is 7.24. The molecule has 0 bridgehead atoms. The maximum atomic E-state index is 9.30. The van der Waals surface area contributed by atoms with Gasteiger partial charge in [0.1, 0.15) is 5.75 Å². The van der Waals surface area contributed by atoms with Crippen LogP contribution in [-0.2, 0) is 6.42 Å². The average Bonchev–Trinajstić information content (AvgIpc) is 2.49. The molecule has 3 aromatic rings. The third kappa shape index (κ3) is 3.34. The van der Waals surface area contributed by atoms with Crippen LogP contribution in [-0.4, -0.2) is 11.1 Å². The van der Waals surface area contributed by atoms with Crippen molar-refractivity contribution in [1.82, 2.24) is 0 Å². The van der Waals surface area contributed by atoms with Crippen molar-refractivity contribution in [3.63, 3.8) is 0 Å². The van der Waals surface area contributed by atoms with E-state index < -0.39 is 0 Å². The SMILES string of the molecule is CC(Cc1ccc2ccccc2c1)Nc1ccc(O)cc1. The molecule has 0 aliphatic heterocycles. The van der Waals surface area contributed by atoms with Gasteiger partial charge in [-0.3, -0.25) is 0 Å². The third-order valence-electron chi connectivity index (χ3n) is 3.64. The molecule has 2 nitrogen and oxygen atoms in total. The number of rotatable bonds is 4. The summed E-state index contributed by atoms with van der Waals surface area (Å²) in [6, 6.07) is 22.6. The summed E-state index contributed by atoms with van der Waals surface area (Å²) in [7, 11) is 0. The number of phenols is 1. The predicted molar refractivity (Wildman–Crippen MR) is 88.8 cm³/mol. The van der Waals surface area contributed by atoms with Gasteiger partial charge in [-0.05, 0) is 53.9 Å². The first-order chi connectivity index (χ1) is 10.2. The second-order valence-corrected chi connectivity index (χ2v) is 5.48. The molecule has 106 valence electrons. The number of anilines is 1. The van der Waals surface area contributed by atoms with Crippen LogP contribution in [0.2, 0.25) is 0 Å². The van der Waals surface area contributed by atoms with E-state index in [0.29, 0.717) is 11.8 Å². The molecular formula is C19H19NO. The fraction of sp³-hybridized carbons (Fsp3) is 0.158. The smallest absolute Gasteiger partial charge is 0.115 e. The molecule has 0 heterocycles. The summed E-state index contributed by atoms with van der Waals surface area (Å²) in [5, 5.41) is 15.3. The van der Waals surface area contributed by atoms with Crippen LogP contribution in [0.25, 0.3) is 10.8 Å². The Bertz CT molecular complexity index is 734. The van der Waals surface area contributed by atoms with Gasteiger partial charge in [0.15, 0.2) is 0 Å². The van der Waals surface area contributed by atoms with E-state index in [2.05, 4.69) is 54.7 Å². The number of hydrogen-bond acceptors (Lipinski definition) is 2. The van der Waals surface area contributed by atoms with Crippen LogP contribution < -0.4 is 5.32 Å². The summed E-state index contributed by atoms with van der Waals surface area (Å²) in [4.78, 5) is 0. The first-order valence-corrected chi connectivity index (χ1v) is 7.24. The standard InChI is InChI=1S/C19H19NO/c1-14(20-18-8-10-19(21)11-9-18)12-15-6-7-16-4-2-3-5-17(16)13-15/h2-11,13-14,20-21H,12H2,1H3. The van der Waals surface area contributed by atoms with Crippen LogP contribution in [0.3, 0.4) is 0 Å². The Balaban J connectivity index is 1.70. The van der Waals surface area contributed by atoms with Gasteiger partial charge in [-0.15, -0.1) is 0 Å². The molecule has 0 spiro atoms. The van der Waals surface area contributed by atoms with E-state index in [0.717, 1.165) is 12.1 Å². The van der Waals surface area contributed by atoms with Crippen LogP contribution in [0, 0.1) is 0 Å². The minimum absolute atomic E-state index is 0.294. The molecule has 2 N–H and O–H groups in total. The zero-order valence-electron chi connectivity index (χ0n) is 12.1. The number of benzene rings is 3. The van der Waals surface area contributed by atoms with Crippen LogP contribution in [0.4, 0.5) is 5.69 Å². The van der Waals surface area contributed by atoms with Crippen molar-refractivity contribution >= 4 is 16.5 Å². The lowest BCUT2D eigenvalue weighted by Gasteiger charge is -2.15. The first kappa shape index (κ1) is 13.5. The van der Waals surface area contributed by atoms with Crippen molar-refractivity contribution in [3.05, 3.63) is 72.3 Å². The highest BCUT2D eigenvalue weighted by Gasteiger charge is 2.04. The molecule has 0 aliphatic rings. The zero-order chi connectivity index (χ0) is 14.7. The number of aromatic hydroxyl groups is 1. The second kappa shape index (κ2) is 5.88. The van der Waals surface area contributed by atoms with Crippen LogP contribution >= 0.6 is 0 Å². The molecule has 1 unspecified atom stereocenters. The maximum absolute atomic E-state index is 9.30. The van der Waals surface area contributed by atoms with Gasteiger partial charge < -0.3 is 10.4 Å². The maximum Gasteiger partial charge on any atom is 0.115 e.